The lowest BCUT2D eigenvalue weighted by molar-refractivity contribution is 0.731. The van der Waals surface area contributed by atoms with Crippen LogP contribution < -0.4 is 14.7 Å². The molecule has 0 unspecified atom stereocenters. The fourth-order valence-corrected chi connectivity index (χ4v) is 11.8. The second-order valence-corrected chi connectivity index (χ2v) is 20.5. The molecule has 0 saturated carbocycles. The molecule has 368 valence electrons. The molecular formula is C73H61N3. The van der Waals surface area contributed by atoms with Gasteiger partial charge >= 0.3 is 0 Å². The van der Waals surface area contributed by atoms with Crippen LogP contribution in [0.4, 0.5) is 51.2 Å². The second-order valence-electron chi connectivity index (χ2n) is 20.5. The fraction of sp³-hybridized carbons (Fsp3) is 0.0959. The molecule has 11 aromatic carbocycles. The molecule has 0 saturated heterocycles. The first kappa shape index (κ1) is 47.8. The van der Waals surface area contributed by atoms with E-state index in [2.05, 4.69) is 317 Å². The van der Waals surface area contributed by atoms with Crippen LogP contribution in [0, 0.1) is 41.5 Å². The third-order valence-electron chi connectivity index (χ3n) is 15.7. The number of anilines is 9. The minimum atomic E-state index is -0.717. The summed E-state index contributed by atoms with van der Waals surface area (Å²) < 4.78 is 0. The zero-order valence-electron chi connectivity index (χ0n) is 44.2. The highest BCUT2D eigenvalue weighted by molar-refractivity contribution is 5.91. The quantitative estimate of drug-likeness (QED) is 0.128. The lowest BCUT2D eigenvalue weighted by atomic mass is 9.62. The number of hydrogen-bond donors (Lipinski definition) is 0. The summed E-state index contributed by atoms with van der Waals surface area (Å²) in [4.78, 5) is 7.31. The maximum Gasteiger partial charge on any atom is 0.0742 e. The van der Waals surface area contributed by atoms with Crippen LogP contribution in [-0.4, -0.2) is 0 Å². The van der Waals surface area contributed by atoms with Gasteiger partial charge in [0.05, 0.1) is 16.8 Å². The standard InChI is InChI=1S/C73H61N3/c1-50-46-52(3)54(5)71(48-50)74(63-38-30-58(31-39-63)56-20-10-7-11-21-56)65-42-34-60(35-43-65)73(67-26-16-18-28-69(67)76(62-24-14-9-15-25-62)70-29-19-17-27-68(70)73)61-36-44-66(45-37-61)75(72-49-51(2)47-53(4)55(72)6)64-40-32-59(33-41-64)57-22-12-8-13-23-57/h7-49H,1-6H3. The van der Waals surface area contributed by atoms with E-state index in [1.54, 1.807) is 0 Å². The van der Waals surface area contributed by atoms with Crippen LogP contribution in [0.5, 0.6) is 0 Å². The van der Waals surface area contributed by atoms with Crippen molar-refractivity contribution in [3.05, 3.63) is 316 Å². The van der Waals surface area contributed by atoms with Gasteiger partial charge in [-0.05, 0) is 204 Å². The van der Waals surface area contributed by atoms with Gasteiger partial charge in [-0.2, -0.15) is 0 Å². The Morgan fingerprint density at radius 2 is 0.618 bits per heavy atom. The van der Waals surface area contributed by atoms with Crippen LogP contribution in [0.2, 0.25) is 0 Å². The lowest BCUT2D eigenvalue weighted by Crippen LogP contribution is -2.37. The molecule has 11 aromatic rings. The molecule has 0 atom stereocenters. The van der Waals surface area contributed by atoms with Crippen LogP contribution in [0.1, 0.15) is 55.6 Å². The molecule has 0 spiro atoms. The number of hydrogen-bond acceptors (Lipinski definition) is 3. The molecule has 76 heavy (non-hydrogen) atoms. The van der Waals surface area contributed by atoms with Crippen molar-refractivity contribution in [2.75, 3.05) is 14.7 Å². The lowest BCUT2D eigenvalue weighted by Gasteiger charge is -2.46. The molecule has 3 heteroatoms. The van der Waals surface area contributed by atoms with Crippen LogP contribution in [0.3, 0.4) is 0 Å². The van der Waals surface area contributed by atoms with E-state index >= 15 is 0 Å². The zero-order valence-corrected chi connectivity index (χ0v) is 44.2. The molecule has 0 bridgehead atoms. The largest absolute Gasteiger partial charge is 0.310 e. The van der Waals surface area contributed by atoms with Gasteiger partial charge in [-0.25, -0.2) is 0 Å². The van der Waals surface area contributed by atoms with Crippen molar-refractivity contribution in [1.82, 2.24) is 0 Å². The van der Waals surface area contributed by atoms with E-state index in [9.17, 15) is 0 Å². The number of para-hydroxylation sites is 3. The Morgan fingerprint density at radius 1 is 0.303 bits per heavy atom. The summed E-state index contributed by atoms with van der Waals surface area (Å²) in [7, 11) is 0. The molecular weight excluding hydrogens is 919 g/mol. The molecule has 0 radical (unpaired) electrons. The van der Waals surface area contributed by atoms with Crippen molar-refractivity contribution in [2.45, 2.75) is 47.0 Å². The molecule has 3 nitrogen and oxygen atoms in total. The number of benzene rings is 11. The second kappa shape index (κ2) is 19.9. The summed E-state index contributed by atoms with van der Waals surface area (Å²) in [6, 6.07) is 96.3. The summed E-state index contributed by atoms with van der Waals surface area (Å²) in [5, 5.41) is 0. The summed E-state index contributed by atoms with van der Waals surface area (Å²) in [6.07, 6.45) is 0. The van der Waals surface area contributed by atoms with Crippen molar-refractivity contribution in [1.29, 1.82) is 0 Å². The van der Waals surface area contributed by atoms with Gasteiger partial charge in [0.2, 0.25) is 0 Å². The highest BCUT2D eigenvalue weighted by Gasteiger charge is 2.46. The van der Waals surface area contributed by atoms with Gasteiger partial charge in [0, 0.05) is 39.8 Å². The van der Waals surface area contributed by atoms with Crippen molar-refractivity contribution < 1.29 is 0 Å². The first-order chi connectivity index (χ1) is 37.2. The highest BCUT2D eigenvalue weighted by atomic mass is 15.2. The van der Waals surface area contributed by atoms with Gasteiger partial charge in [-0.3, -0.25) is 0 Å². The molecule has 0 aliphatic carbocycles. The molecule has 0 fully saturated rings. The summed E-state index contributed by atoms with van der Waals surface area (Å²) in [5.41, 5.74) is 26.6. The maximum atomic E-state index is 2.44. The number of nitrogens with zero attached hydrogens (tertiary/aromatic N) is 3. The Morgan fingerprint density at radius 3 is 1.00 bits per heavy atom. The summed E-state index contributed by atoms with van der Waals surface area (Å²) in [6.45, 7) is 13.3. The zero-order chi connectivity index (χ0) is 51.9. The first-order valence-electron chi connectivity index (χ1n) is 26.5. The Kier molecular flexibility index (Phi) is 12.5. The van der Waals surface area contributed by atoms with E-state index < -0.39 is 5.41 Å². The topological polar surface area (TPSA) is 9.72 Å². The Bertz CT molecular complexity index is 3610. The molecule has 0 amide bonds. The average Bonchev–Trinajstić information content (AvgIpc) is 3.51. The molecule has 1 aliphatic heterocycles. The SMILES string of the molecule is Cc1cc(C)c(C)c(N(c2ccc(-c3ccccc3)cc2)c2ccc(C3(c4ccc(N(c5ccc(-c6ccccc6)cc5)c5cc(C)cc(C)c5C)cc4)c4ccccc4N(c4ccccc4)c4ccccc43)cc2)c1. The van der Waals surface area contributed by atoms with E-state index in [0.29, 0.717) is 0 Å². The van der Waals surface area contributed by atoms with Crippen molar-refractivity contribution in [3.63, 3.8) is 0 Å². The monoisotopic (exact) mass is 979 g/mol. The van der Waals surface area contributed by atoms with E-state index in [1.807, 2.05) is 0 Å². The normalized spacial score (nSPS) is 12.4. The minimum absolute atomic E-state index is 0.717. The fourth-order valence-electron chi connectivity index (χ4n) is 11.8. The summed E-state index contributed by atoms with van der Waals surface area (Å²) in [5.74, 6) is 0. The van der Waals surface area contributed by atoms with Crippen LogP contribution >= 0.6 is 0 Å². The van der Waals surface area contributed by atoms with Crippen LogP contribution in [-0.2, 0) is 5.41 Å². The highest BCUT2D eigenvalue weighted by Crippen LogP contribution is 2.58. The molecule has 1 heterocycles. The van der Waals surface area contributed by atoms with E-state index in [-0.39, 0.29) is 0 Å². The van der Waals surface area contributed by atoms with Crippen LogP contribution in [0.25, 0.3) is 22.3 Å². The Labute approximate surface area is 449 Å². The van der Waals surface area contributed by atoms with Gasteiger partial charge in [0.1, 0.15) is 0 Å². The van der Waals surface area contributed by atoms with Gasteiger partial charge in [0.25, 0.3) is 0 Å². The summed E-state index contributed by atoms with van der Waals surface area (Å²) >= 11 is 0. The van der Waals surface area contributed by atoms with E-state index in [0.717, 1.165) is 39.8 Å². The Balaban J connectivity index is 1.05. The van der Waals surface area contributed by atoms with Gasteiger partial charge in [-0.1, -0.05) is 176 Å². The third kappa shape index (κ3) is 8.44. The molecule has 0 aromatic heterocycles. The van der Waals surface area contributed by atoms with E-state index in [4.69, 9.17) is 0 Å². The average molecular weight is 980 g/mol. The number of rotatable bonds is 11. The van der Waals surface area contributed by atoms with Crippen LogP contribution in [0.15, 0.2) is 261 Å². The maximum absolute atomic E-state index is 2.44. The Hall–Kier alpha value is -9.18. The van der Waals surface area contributed by atoms with Gasteiger partial charge in [-0.15, -0.1) is 0 Å². The predicted octanol–water partition coefficient (Wildman–Crippen LogP) is 20.0. The predicted molar refractivity (Wildman–Crippen MR) is 322 cm³/mol. The minimum Gasteiger partial charge on any atom is -0.310 e. The van der Waals surface area contributed by atoms with Gasteiger partial charge in [0.15, 0.2) is 0 Å². The smallest absolute Gasteiger partial charge is 0.0742 e. The molecule has 0 N–H and O–H groups in total. The first-order valence-corrected chi connectivity index (χ1v) is 26.5. The van der Waals surface area contributed by atoms with Crippen molar-refractivity contribution >= 4 is 51.2 Å². The molecule has 1 aliphatic rings. The molecule has 12 rings (SSSR count). The van der Waals surface area contributed by atoms with Crippen molar-refractivity contribution in [3.8, 4) is 22.3 Å². The number of fused-ring (bicyclic) bond motifs is 2. The van der Waals surface area contributed by atoms with E-state index in [1.165, 1.54) is 89.3 Å². The third-order valence-corrected chi connectivity index (χ3v) is 15.7. The number of aryl methyl sites for hydroxylation is 4. The van der Waals surface area contributed by atoms with Gasteiger partial charge < -0.3 is 14.7 Å². The van der Waals surface area contributed by atoms with Crippen molar-refractivity contribution in [2.24, 2.45) is 0 Å².